The van der Waals surface area contributed by atoms with Gasteiger partial charge in [-0.05, 0) is 122 Å². The number of rotatable bonds is 20. The van der Waals surface area contributed by atoms with E-state index in [4.69, 9.17) is 46.4 Å². The molecule has 0 aliphatic carbocycles. The Hall–Kier alpha value is -6.32. The quantitative estimate of drug-likeness (QED) is 0.0340. The maximum absolute atomic E-state index is 13.7. The van der Waals surface area contributed by atoms with E-state index in [-0.39, 0.29) is 32.5 Å². The summed E-state index contributed by atoms with van der Waals surface area (Å²) >= 11 is 24.9. The Kier molecular flexibility index (Phi) is 18.6. The first kappa shape index (κ1) is 50.7. The van der Waals surface area contributed by atoms with E-state index >= 15 is 0 Å². The Morgan fingerprint density at radius 3 is 1.33 bits per heavy atom. The van der Waals surface area contributed by atoms with Gasteiger partial charge in [-0.2, -0.15) is 20.5 Å². The fraction of sp³-hybridized carbons (Fsp3) is 0.250. The molecule has 2 atom stereocenters. The van der Waals surface area contributed by atoms with E-state index in [1.807, 2.05) is 26.0 Å². The molecule has 5 aromatic rings. The Labute approximate surface area is 402 Å². The minimum Gasteiger partial charge on any atom is -0.324 e. The molecule has 4 N–H and O–H groups in total. The maximum atomic E-state index is 13.7. The largest absolute Gasteiger partial charge is 0.324 e. The van der Waals surface area contributed by atoms with E-state index in [1.165, 1.54) is 38.1 Å². The highest BCUT2D eigenvalue weighted by Gasteiger charge is 2.27. The van der Waals surface area contributed by atoms with Gasteiger partial charge in [0.15, 0.2) is 11.6 Å². The van der Waals surface area contributed by atoms with Crippen LogP contribution in [0.5, 0.6) is 0 Å². The first-order valence-electron chi connectivity index (χ1n) is 20.8. The molecule has 5 aromatic carbocycles. The number of Topliss-reactive ketones (excluding diaryl/α,β-unsaturated/α-hetero) is 2. The van der Waals surface area contributed by atoms with Crippen LogP contribution in [0.4, 0.5) is 34.1 Å². The minimum absolute atomic E-state index is 0.0369. The van der Waals surface area contributed by atoms with Crippen LogP contribution >= 0.6 is 46.4 Å². The minimum atomic E-state index is -1.58. The van der Waals surface area contributed by atoms with Gasteiger partial charge in [0, 0.05) is 34.5 Å². The van der Waals surface area contributed by atoms with Crippen molar-refractivity contribution in [2.45, 2.75) is 65.5 Å². The summed E-state index contributed by atoms with van der Waals surface area (Å²) in [5.41, 5.74) is 5.21. The van der Waals surface area contributed by atoms with Crippen molar-refractivity contribution in [1.82, 2.24) is 0 Å². The van der Waals surface area contributed by atoms with Crippen molar-refractivity contribution >= 4 is 116 Å². The molecular formula is C48H46Cl4N8O6. The predicted molar refractivity (Wildman–Crippen MR) is 261 cm³/mol. The number of anilines is 4. The number of amides is 4. The predicted octanol–water partition coefficient (Wildman–Crippen LogP) is 11.5. The van der Waals surface area contributed by atoms with Gasteiger partial charge >= 0.3 is 0 Å². The van der Waals surface area contributed by atoms with Crippen molar-refractivity contribution in [2.24, 2.45) is 20.5 Å². The second-order valence-electron chi connectivity index (χ2n) is 14.8. The topological polar surface area (TPSA) is 200 Å². The smallest absolute Gasteiger partial charge is 0.258 e. The average molecular weight is 973 g/mol. The molecule has 0 spiro atoms. The molecule has 66 heavy (non-hydrogen) atoms. The van der Waals surface area contributed by atoms with Gasteiger partial charge in [0.05, 0.1) is 21.2 Å². The second-order valence-corrected chi connectivity index (χ2v) is 16.3. The molecule has 0 radical (unpaired) electrons. The molecule has 5 rings (SSSR count). The zero-order chi connectivity index (χ0) is 47.9. The van der Waals surface area contributed by atoms with Crippen LogP contribution < -0.4 is 21.3 Å². The number of aryl methyl sites for hydroxylation is 4. The van der Waals surface area contributed by atoms with Crippen LogP contribution in [0.2, 0.25) is 10.0 Å². The van der Waals surface area contributed by atoms with Gasteiger partial charge in [-0.15, -0.1) is 23.2 Å². The summed E-state index contributed by atoms with van der Waals surface area (Å²) < 4.78 is 0. The van der Waals surface area contributed by atoms with Crippen molar-refractivity contribution in [1.29, 1.82) is 0 Å². The molecule has 0 aliphatic rings. The third kappa shape index (κ3) is 13.4. The van der Waals surface area contributed by atoms with Gasteiger partial charge in [-0.25, -0.2) is 0 Å². The third-order valence-corrected chi connectivity index (χ3v) is 11.2. The SMILES string of the molecule is CCc1cc(NC(=O)C(N=Nc2cccc(C(=O)Nc3cccc(CCCl)c3)c2Cl)C(C)=O)cc(CC)c1NC(=O)C(N=Nc1cccc(C(=O)Nc2cccc(CCCl)c2)c1Cl)C(C)=O. The summed E-state index contributed by atoms with van der Waals surface area (Å²) in [6.45, 7) is 6.06. The van der Waals surface area contributed by atoms with Crippen molar-refractivity contribution in [3.8, 4) is 0 Å². The third-order valence-electron chi connectivity index (χ3n) is 9.99. The zero-order valence-electron chi connectivity index (χ0n) is 36.4. The molecule has 0 heterocycles. The number of benzene rings is 5. The van der Waals surface area contributed by atoms with E-state index in [0.717, 1.165) is 11.1 Å². The van der Waals surface area contributed by atoms with Crippen LogP contribution in [-0.2, 0) is 44.9 Å². The highest BCUT2D eigenvalue weighted by atomic mass is 35.5. The van der Waals surface area contributed by atoms with Gasteiger partial charge in [0.2, 0.25) is 12.1 Å². The fourth-order valence-electron chi connectivity index (χ4n) is 6.61. The van der Waals surface area contributed by atoms with Crippen LogP contribution in [0.25, 0.3) is 0 Å². The standard InChI is InChI=1S/C48H46Cl4N8O6/c1-5-31-25-35(55-47(65)42(27(3)61)59-57-38-17-9-15-36(40(38)51)45(63)53-33-13-7-11-29(23-33)19-21-49)26-32(6-2)44(31)56-48(66)43(28(4)62)60-58-39-18-10-16-37(41(39)52)46(64)54-34-14-8-12-30(24-34)20-22-50/h7-18,23-26,42-43H,5-6,19-22H2,1-4H3,(H,53,63)(H,54,64)(H,55,65)(H,56,66). The van der Waals surface area contributed by atoms with Crippen LogP contribution in [0.1, 0.15) is 70.7 Å². The first-order chi connectivity index (χ1) is 31.7. The van der Waals surface area contributed by atoms with E-state index in [2.05, 4.69) is 41.7 Å². The van der Waals surface area contributed by atoms with Crippen LogP contribution in [0.3, 0.4) is 0 Å². The summed E-state index contributed by atoms with van der Waals surface area (Å²) in [6.07, 6.45) is 2.02. The molecule has 0 aliphatic heterocycles. The van der Waals surface area contributed by atoms with Crippen LogP contribution in [0.15, 0.2) is 118 Å². The van der Waals surface area contributed by atoms with Gasteiger partial charge in [0.1, 0.15) is 11.4 Å². The van der Waals surface area contributed by atoms with Gasteiger partial charge in [-0.1, -0.05) is 73.4 Å². The molecule has 0 saturated carbocycles. The van der Waals surface area contributed by atoms with Gasteiger partial charge < -0.3 is 21.3 Å². The molecule has 0 fully saturated rings. The number of halogens is 4. The molecule has 14 nitrogen and oxygen atoms in total. The number of azo groups is 2. The summed E-state index contributed by atoms with van der Waals surface area (Å²) in [6, 6.07) is 23.6. The van der Waals surface area contributed by atoms with Crippen LogP contribution in [0, 0.1) is 0 Å². The fourth-order valence-corrected chi connectivity index (χ4v) is 7.54. The molecular weight excluding hydrogens is 926 g/mol. The molecule has 2 unspecified atom stereocenters. The lowest BCUT2D eigenvalue weighted by Crippen LogP contribution is -2.33. The number of nitrogens with one attached hydrogen (secondary N) is 4. The molecule has 342 valence electrons. The van der Waals surface area contributed by atoms with Crippen molar-refractivity contribution < 1.29 is 28.8 Å². The van der Waals surface area contributed by atoms with E-state index in [9.17, 15) is 28.8 Å². The number of nitrogens with zero attached hydrogens (tertiary/aromatic N) is 4. The zero-order valence-corrected chi connectivity index (χ0v) is 39.4. The second kappa shape index (κ2) is 24.3. The summed E-state index contributed by atoms with van der Waals surface area (Å²) in [4.78, 5) is 79.2. The molecule has 4 amide bonds. The Balaban J connectivity index is 1.30. The Morgan fingerprint density at radius 1 is 0.530 bits per heavy atom. The van der Waals surface area contributed by atoms with E-state index in [1.54, 1.807) is 60.7 Å². The van der Waals surface area contributed by atoms with Gasteiger partial charge in [-0.3, -0.25) is 28.8 Å². The van der Waals surface area contributed by atoms with Crippen molar-refractivity contribution in [3.63, 3.8) is 0 Å². The summed E-state index contributed by atoms with van der Waals surface area (Å²) in [7, 11) is 0. The van der Waals surface area contributed by atoms with Crippen LogP contribution in [-0.4, -0.2) is 59.0 Å². The summed E-state index contributed by atoms with van der Waals surface area (Å²) in [5, 5.41) is 27.4. The molecule has 0 saturated heterocycles. The Bertz CT molecular complexity index is 2680. The lowest BCUT2D eigenvalue weighted by Gasteiger charge is -2.19. The molecule has 18 heteroatoms. The Morgan fingerprint density at radius 2 is 0.939 bits per heavy atom. The van der Waals surface area contributed by atoms with Crippen molar-refractivity contribution in [3.05, 3.63) is 140 Å². The number of hydrogen-bond acceptors (Lipinski definition) is 10. The van der Waals surface area contributed by atoms with Gasteiger partial charge in [0.25, 0.3) is 23.6 Å². The first-order valence-corrected chi connectivity index (χ1v) is 22.6. The normalized spacial score (nSPS) is 12.1. The van der Waals surface area contributed by atoms with E-state index < -0.39 is 47.3 Å². The number of carbonyl (C=O) groups is 6. The van der Waals surface area contributed by atoms with Crippen molar-refractivity contribution in [2.75, 3.05) is 33.0 Å². The number of alkyl halides is 2. The maximum Gasteiger partial charge on any atom is 0.258 e. The summed E-state index contributed by atoms with van der Waals surface area (Å²) in [5.74, 6) is -2.94. The number of hydrogen-bond donors (Lipinski definition) is 4. The lowest BCUT2D eigenvalue weighted by molar-refractivity contribution is -0.127. The van der Waals surface area contributed by atoms with E-state index in [0.29, 0.717) is 71.3 Å². The lowest BCUT2D eigenvalue weighted by atomic mass is 10.0. The molecule has 0 bridgehead atoms. The number of carbonyl (C=O) groups excluding carboxylic acids is 6. The number of ketones is 2. The monoisotopic (exact) mass is 970 g/mol. The molecule has 0 aromatic heterocycles. The average Bonchev–Trinajstić information content (AvgIpc) is 3.28. The highest BCUT2D eigenvalue weighted by molar-refractivity contribution is 6.37. The highest BCUT2D eigenvalue weighted by Crippen LogP contribution is 2.33.